The van der Waals surface area contributed by atoms with Crippen molar-refractivity contribution in [3.05, 3.63) is 35.6 Å². The summed E-state index contributed by atoms with van der Waals surface area (Å²) in [6, 6.07) is 5.62. The van der Waals surface area contributed by atoms with Gasteiger partial charge in [0, 0.05) is 30.6 Å². The molecule has 0 bridgehead atoms. The molecule has 0 spiro atoms. The number of benzene rings is 1. The van der Waals surface area contributed by atoms with E-state index < -0.39 is 0 Å². The van der Waals surface area contributed by atoms with Gasteiger partial charge >= 0.3 is 0 Å². The van der Waals surface area contributed by atoms with E-state index in [1.54, 1.807) is 4.90 Å². The summed E-state index contributed by atoms with van der Waals surface area (Å²) in [5.74, 6) is -0.150. The number of amides is 2. The van der Waals surface area contributed by atoms with Crippen LogP contribution in [-0.2, 0) is 4.79 Å². The van der Waals surface area contributed by atoms with E-state index in [1.807, 2.05) is 0 Å². The summed E-state index contributed by atoms with van der Waals surface area (Å²) in [5, 5.41) is 3.03. The molecule has 2 amide bonds. The van der Waals surface area contributed by atoms with Gasteiger partial charge in [0.25, 0.3) is 5.91 Å². The van der Waals surface area contributed by atoms with Crippen LogP contribution in [0.1, 0.15) is 36.0 Å². The second-order valence-electron chi connectivity index (χ2n) is 5.88. The molecule has 0 radical (unpaired) electrons. The van der Waals surface area contributed by atoms with Gasteiger partial charge in [0.15, 0.2) is 0 Å². The molecule has 21 heavy (non-hydrogen) atoms. The lowest BCUT2D eigenvalue weighted by atomic mass is 9.84. The van der Waals surface area contributed by atoms with Gasteiger partial charge in [0.05, 0.1) is 0 Å². The molecule has 0 aromatic heterocycles. The zero-order valence-corrected chi connectivity index (χ0v) is 11.8. The normalized spacial score (nSPS) is 22.0. The molecule has 1 atom stereocenters. The molecule has 1 N–H and O–H groups in total. The first kappa shape index (κ1) is 14.0. The second kappa shape index (κ2) is 5.84. The fourth-order valence-electron chi connectivity index (χ4n) is 2.83. The van der Waals surface area contributed by atoms with Crippen LogP contribution in [0, 0.1) is 11.7 Å². The summed E-state index contributed by atoms with van der Waals surface area (Å²) in [6.07, 6.45) is 3.89. The van der Waals surface area contributed by atoms with Crippen molar-refractivity contribution in [3.8, 4) is 0 Å². The van der Waals surface area contributed by atoms with Gasteiger partial charge in [-0.2, -0.15) is 0 Å². The highest BCUT2D eigenvalue weighted by molar-refractivity contribution is 5.94. The molecular weight excluding hydrogens is 271 g/mol. The zero-order chi connectivity index (χ0) is 14.8. The number of hydrogen-bond acceptors (Lipinski definition) is 2. The molecule has 1 aromatic rings. The Hall–Kier alpha value is -1.91. The average molecular weight is 290 g/mol. The van der Waals surface area contributed by atoms with Gasteiger partial charge < -0.3 is 10.2 Å². The van der Waals surface area contributed by atoms with E-state index in [0.29, 0.717) is 18.7 Å². The van der Waals surface area contributed by atoms with Crippen LogP contribution in [0.3, 0.4) is 0 Å². The first-order valence-corrected chi connectivity index (χ1v) is 7.49. The Kier molecular flexibility index (Phi) is 3.90. The maximum absolute atomic E-state index is 12.9. The van der Waals surface area contributed by atoms with Crippen LogP contribution in [0.5, 0.6) is 0 Å². The number of nitrogens with one attached hydrogen (secondary N) is 1. The summed E-state index contributed by atoms with van der Waals surface area (Å²) in [6.45, 7) is 1.17. The predicted molar refractivity (Wildman–Crippen MR) is 76.2 cm³/mol. The standard InChI is InChI=1S/C16H19FN2O2/c17-13-6-4-12(5-7-13)16(21)19-9-8-14(10-19)18-15(20)11-2-1-3-11/h4-7,11,14H,1-3,8-10H2,(H,18,20). The third kappa shape index (κ3) is 3.06. The van der Waals surface area contributed by atoms with E-state index in [9.17, 15) is 14.0 Å². The van der Waals surface area contributed by atoms with Gasteiger partial charge in [-0.15, -0.1) is 0 Å². The number of nitrogens with zero attached hydrogens (tertiary/aromatic N) is 1. The molecule has 1 saturated heterocycles. The highest BCUT2D eigenvalue weighted by Gasteiger charge is 2.31. The van der Waals surface area contributed by atoms with Gasteiger partial charge in [0.1, 0.15) is 5.82 Å². The number of carbonyl (C=O) groups excluding carboxylic acids is 2. The van der Waals surface area contributed by atoms with Gasteiger partial charge in [-0.25, -0.2) is 4.39 Å². The highest BCUT2D eigenvalue weighted by atomic mass is 19.1. The van der Waals surface area contributed by atoms with Crippen LogP contribution in [0.2, 0.25) is 0 Å². The van der Waals surface area contributed by atoms with Crippen LogP contribution < -0.4 is 5.32 Å². The Labute approximate surface area is 123 Å². The minimum Gasteiger partial charge on any atom is -0.351 e. The van der Waals surface area contributed by atoms with Gasteiger partial charge in [-0.3, -0.25) is 9.59 Å². The van der Waals surface area contributed by atoms with Crippen molar-refractivity contribution in [1.82, 2.24) is 10.2 Å². The molecule has 1 aliphatic carbocycles. The van der Waals surface area contributed by atoms with Crippen molar-refractivity contribution in [2.75, 3.05) is 13.1 Å². The smallest absolute Gasteiger partial charge is 0.253 e. The molecule has 2 fully saturated rings. The first-order valence-electron chi connectivity index (χ1n) is 7.49. The Morgan fingerprint density at radius 2 is 1.86 bits per heavy atom. The SMILES string of the molecule is O=C(NC1CCN(C(=O)c2ccc(F)cc2)C1)C1CCC1. The van der Waals surface area contributed by atoms with Crippen LogP contribution in [-0.4, -0.2) is 35.8 Å². The fraction of sp³-hybridized carbons (Fsp3) is 0.500. The summed E-state index contributed by atoms with van der Waals surface area (Å²) in [4.78, 5) is 25.9. The van der Waals surface area contributed by atoms with Crippen molar-refractivity contribution in [2.24, 2.45) is 5.92 Å². The lowest BCUT2D eigenvalue weighted by Gasteiger charge is -2.26. The number of rotatable bonds is 3. The molecule has 4 nitrogen and oxygen atoms in total. The lowest BCUT2D eigenvalue weighted by Crippen LogP contribution is -2.43. The van der Waals surface area contributed by atoms with E-state index in [-0.39, 0.29) is 29.6 Å². The van der Waals surface area contributed by atoms with E-state index in [0.717, 1.165) is 25.7 Å². The van der Waals surface area contributed by atoms with Crippen LogP contribution in [0.4, 0.5) is 4.39 Å². The Bertz CT molecular complexity index is 540. The largest absolute Gasteiger partial charge is 0.351 e. The van der Waals surface area contributed by atoms with Crippen LogP contribution in [0.25, 0.3) is 0 Å². The molecular formula is C16H19FN2O2. The number of halogens is 1. The lowest BCUT2D eigenvalue weighted by molar-refractivity contribution is -0.128. The highest BCUT2D eigenvalue weighted by Crippen LogP contribution is 2.26. The minimum absolute atomic E-state index is 0.0440. The number of likely N-dealkylation sites (tertiary alicyclic amines) is 1. The Morgan fingerprint density at radius 1 is 1.14 bits per heavy atom. The molecule has 1 saturated carbocycles. The van der Waals surface area contributed by atoms with E-state index in [4.69, 9.17) is 0 Å². The molecule has 5 heteroatoms. The molecule has 112 valence electrons. The fourth-order valence-corrected chi connectivity index (χ4v) is 2.83. The molecule has 1 heterocycles. The molecule has 1 unspecified atom stereocenters. The van der Waals surface area contributed by atoms with Crippen molar-refractivity contribution < 1.29 is 14.0 Å². The molecule has 1 aliphatic heterocycles. The van der Waals surface area contributed by atoms with Crippen LogP contribution >= 0.6 is 0 Å². The van der Waals surface area contributed by atoms with E-state index in [1.165, 1.54) is 24.3 Å². The Balaban J connectivity index is 1.55. The van der Waals surface area contributed by atoms with Gasteiger partial charge in [-0.05, 0) is 43.5 Å². The second-order valence-corrected chi connectivity index (χ2v) is 5.88. The minimum atomic E-state index is -0.349. The Morgan fingerprint density at radius 3 is 2.48 bits per heavy atom. The predicted octanol–water partition coefficient (Wildman–Crippen LogP) is 1.96. The molecule has 1 aromatic carbocycles. The summed E-state index contributed by atoms with van der Waals surface area (Å²) >= 11 is 0. The molecule has 3 rings (SSSR count). The van der Waals surface area contributed by atoms with Crippen molar-refractivity contribution >= 4 is 11.8 Å². The number of carbonyl (C=O) groups is 2. The monoisotopic (exact) mass is 290 g/mol. The van der Waals surface area contributed by atoms with Gasteiger partial charge in [-0.1, -0.05) is 6.42 Å². The third-order valence-electron chi connectivity index (χ3n) is 4.39. The van der Waals surface area contributed by atoms with E-state index in [2.05, 4.69) is 5.32 Å². The zero-order valence-electron chi connectivity index (χ0n) is 11.8. The van der Waals surface area contributed by atoms with E-state index >= 15 is 0 Å². The summed E-state index contributed by atoms with van der Waals surface area (Å²) in [7, 11) is 0. The third-order valence-corrected chi connectivity index (χ3v) is 4.39. The van der Waals surface area contributed by atoms with Gasteiger partial charge in [0.2, 0.25) is 5.91 Å². The molecule has 2 aliphatic rings. The first-order chi connectivity index (χ1) is 10.1. The average Bonchev–Trinajstić information content (AvgIpc) is 2.85. The topological polar surface area (TPSA) is 49.4 Å². The van der Waals surface area contributed by atoms with Crippen molar-refractivity contribution in [1.29, 1.82) is 0 Å². The van der Waals surface area contributed by atoms with Crippen LogP contribution in [0.15, 0.2) is 24.3 Å². The summed E-state index contributed by atoms with van der Waals surface area (Å²) < 4.78 is 12.9. The quantitative estimate of drug-likeness (QED) is 0.925. The maximum Gasteiger partial charge on any atom is 0.253 e. The number of hydrogen-bond donors (Lipinski definition) is 1. The maximum atomic E-state index is 12.9. The van der Waals surface area contributed by atoms with Crippen molar-refractivity contribution in [2.45, 2.75) is 31.7 Å². The van der Waals surface area contributed by atoms with Crippen molar-refractivity contribution in [3.63, 3.8) is 0 Å². The summed E-state index contributed by atoms with van der Waals surface area (Å²) in [5.41, 5.74) is 0.488.